The Hall–Kier alpha value is -5.21. The van der Waals surface area contributed by atoms with E-state index in [9.17, 15) is 18.0 Å². The summed E-state index contributed by atoms with van der Waals surface area (Å²) in [6.45, 7) is 1.98. The molecule has 0 saturated heterocycles. The molecule has 0 aliphatic heterocycles. The van der Waals surface area contributed by atoms with Crippen LogP contribution in [0.25, 0.3) is 0 Å². The molecule has 0 spiro atoms. The van der Waals surface area contributed by atoms with Crippen LogP contribution >= 0.6 is 0 Å². The summed E-state index contributed by atoms with van der Waals surface area (Å²) < 4.78 is 28.5. The van der Waals surface area contributed by atoms with Gasteiger partial charge in [0.05, 0.1) is 34.4 Å². The van der Waals surface area contributed by atoms with Crippen LogP contribution in [0.3, 0.4) is 0 Å². The molecule has 0 aliphatic rings. The number of carbonyl (C=O) groups is 2. The number of sulfonamides is 1. The van der Waals surface area contributed by atoms with Gasteiger partial charge in [0.1, 0.15) is 0 Å². The van der Waals surface area contributed by atoms with E-state index in [2.05, 4.69) is 10.6 Å². The Morgan fingerprint density at radius 1 is 0.674 bits per heavy atom. The van der Waals surface area contributed by atoms with Gasteiger partial charge in [-0.15, -0.1) is 0 Å². The lowest BCUT2D eigenvalue weighted by Gasteiger charge is -2.25. The number of hydrogen-bond acceptors (Lipinski definition) is 4. The molecule has 0 radical (unpaired) electrons. The zero-order valence-corrected chi connectivity index (χ0v) is 24.4. The predicted octanol–water partition coefficient (Wildman–Crippen LogP) is 6.83. The number of anilines is 2. The van der Waals surface area contributed by atoms with Crippen molar-refractivity contribution in [2.24, 2.45) is 0 Å². The summed E-state index contributed by atoms with van der Waals surface area (Å²) in [6.07, 6.45) is 0. The van der Waals surface area contributed by atoms with Gasteiger partial charge in [0.15, 0.2) is 0 Å². The molecule has 0 fully saturated rings. The van der Waals surface area contributed by atoms with Crippen molar-refractivity contribution in [3.63, 3.8) is 0 Å². The first kappa shape index (κ1) is 29.3. The van der Waals surface area contributed by atoms with E-state index in [1.54, 1.807) is 103 Å². The Morgan fingerprint density at radius 3 is 1.88 bits per heavy atom. The minimum Gasteiger partial charge on any atom is -0.345 e. The summed E-state index contributed by atoms with van der Waals surface area (Å²) in [5, 5.41) is 5.83. The molecule has 0 heterocycles. The molecule has 0 aliphatic carbocycles. The van der Waals surface area contributed by atoms with Crippen LogP contribution in [-0.4, -0.2) is 20.2 Å². The van der Waals surface area contributed by atoms with E-state index in [1.807, 2.05) is 43.3 Å². The average molecular weight is 590 g/mol. The second kappa shape index (κ2) is 13.2. The van der Waals surface area contributed by atoms with Gasteiger partial charge in [-0.25, -0.2) is 8.42 Å². The van der Waals surface area contributed by atoms with E-state index in [-0.39, 0.29) is 29.3 Å². The Bertz CT molecular complexity index is 1800. The average Bonchev–Trinajstić information content (AvgIpc) is 3.05. The van der Waals surface area contributed by atoms with E-state index in [4.69, 9.17) is 0 Å². The van der Waals surface area contributed by atoms with Crippen LogP contribution in [0.5, 0.6) is 0 Å². The van der Waals surface area contributed by atoms with Gasteiger partial charge in [0.2, 0.25) is 0 Å². The molecule has 216 valence electrons. The molecule has 0 saturated carbocycles. The molecular weight excluding hydrogens is 558 g/mol. The highest BCUT2D eigenvalue weighted by atomic mass is 32.2. The zero-order valence-electron chi connectivity index (χ0n) is 23.6. The number of nitrogens with zero attached hydrogens (tertiary/aromatic N) is 1. The number of rotatable bonds is 10. The highest BCUT2D eigenvalue weighted by Crippen LogP contribution is 2.26. The topological polar surface area (TPSA) is 95.6 Å². The third-order valence-corrected chi connectivity index (χ3v) is 8.77. The Labute approximate surface area is 251 Å². The molecule has 43 heavy (non-hydrogen) atoms. The smallest absolute Gasteiger partial charge is 0.264 e. The molecule has 2 N–H and O–H groups in total. The Morgan fingerprint density at radius 2 is 1.23 bits per heavy atom. The maximum absolute atomic E-state index is 13.6. The minimum atomic E-state index is -3.84. The Balaban J connectivity index is 1.31. The van der Waals surface area contributed by atoms with Crippen molar-refractivity contribution >= 4 is 33.2 Å². The van der Waals surface area contributed by atoms with Crippen molar-refractivity contribution in [3.05, 3.63) is 162 Å². The molecule has 8 heteroatoms. The maximum atomic E-state index is 13.6. The van der Waals surface area contributed by atoms with E-state index in [0.717, 1.165) is 5.56 Å². The summed E-state index contributed by atoms with van der Waals surface area (Å²) in [4.78, 5) is 26.5. The first-order valence-electron chi connectivity index (χ1n) is 13.8. The third-order valence-electron chi connectivity index (χ3n) is 6.98. The summed E-state index contributed by atoms with van der Waals surface area (Å²) in [7, 11) is -3.84. The molecule has 5 aromatic carbocycles. The van der Waals surface area contributed by atoms with Gasteiger partial charge in [0.25, 0.3) is 21.8 Å². The van der Waals surface area contributed by atoms with Crippen LogP contribution in [0, 0.1) is 0 Å². The van der Waals surface area contributed by atoms with Gasteiger partial charge in [-0.05, 0) is 66.6 Å². The van der Waals surface area contributed by atoms with Crippen LogP contribution in [0.15, 0.2) is 144 Å². The van der Waals surface area contributed by atoms with Crippen molar-refractivity contribution in [1.29, 1.82) is 0 Å². The van der Waals surface area contributed by atoms with E-state index in [1.165, 1.54) is 4.31 Å². The van der Waals surface area contributed by atoms with Gasteiger partial charge in [-0.2, -0.15) is 0 Å². The largest absolute Gasteiger partial charge is 0.345 e. The highest BCUT2D eigenvalue weighted by molar-refractivity contribution is 7.92. The second-order valence-corrected chi connectivity index (χ2v) is 11.8. The van der Waals surface area contributed by atoms with Gasteiger partial charge >= 0.3 is 0 Å². The molecule has 1 atom stereocenters. The van der Waals surface area contributed by atoms with E-state index >= 15 is 0 Å². The van der Waals surface area contributed by atoms with Crippen molar-refractivity contribution in [2.75, 3.05) is 9.62 Å². The fourth-order valence-electron chi connectivity index (χ4n) is 4.64. The molecule has 0 aromatic heterocycles. The fourth-order valence-corrected chi connectivity index (χ4v) is 6.11. The second-order valence-electron chi connectivity index (χ2n) is 9.96. The highest BCUT2D eigenvalue weighted by Gasteiger charge is 2.25. The van der Waals surface area contributed by atoms with Crippen LogP contribution < -0.4 is 14.9 Å². The number of hydrogen-bond donors (Lipinski definition) is 2. The number of amides is 2. The first-order valence-corrected chi connectivity index (χ1v) is 15.2. The Kier molecular flexibility index (Phi) is 8.98. The normalized spacial score (nSPS) is 11.7. The van der Waals surface area contributed by atoms with Crippen molar-refractivity contribution in [2.45, 2.75) is 24.4 Å². The van der Waals surface area contributed by atoms with E-state index in [0.29, 0.717) is 28.1 Å². The predicted molar refractivity (Wildman–Crippen MR) is 169 cm³/mol. The molecule has 2 amide bonds. The van der Waals surface area contributed by atoms with Gasteiger partial charge < -0.3 is 10.6 Å². The molecule has 7 nitrogen and oxygen atoms in total. The SMILES string of the molecule is C[C@@H](NC(=O)c1ccccc1NC(=O)c1ccc(CN(c2ccccc2)S(=O)(=O)c2ccccc2)cc1)c1ccccc1. The number of carbonyl (C=O) groups excluding carboxylic acids is 2. The minimum absolute atomic E-state index is 0.0751. The fraction of sp³-hybridized carbons (Fsp3) is 0.0857. The summed E-state index contributed by atoms with van der Waals surface area (Å²) in [5.41, 5.74) is 3.31. The van der Waals surface area contributed by atoms with Crippen molar-refractivity contribution < 1.29 is 18.0 Å². The van der Waals surface area contributed by atoms with Crippen LogP contribution in [-0.2, 0) is 16.6 Å². The quantitative estimate of drug-likeness (QED) is 0.187. The molecule has 5 aromatic rings. The van der Waals surface area contributed by atoms with Crippen LogP contribution in [0.4, 0.5) is 11.4 Å². The number of para-hydroxylation sites is 2. The standard InChI is InChI=1S/C35H31N3O4S/c1-26(28-13-5-2-6-14-28)36-35(40)32-19-11-12-20-33(32)37-34(39)29-23-21-27(22-24-29)25-38(30-15-7-3-8-16-30)43(41,42)31-17-9-4-10-18-31/h2-24,26H,25H2,1H3,(H,36,40)(H,37,39)/t26-/m1/s1. The van der Waals surface area contributed by atoms with Gasteiger partial charge in [0, 0.05) is 5.56 Å². The summed E-state index contributed by atoms with van der Waals surface area (Å²) >= 11 is 0. The maximum Gasteiger partial charge on any atom is 0.264 e. The van der Waals surface area contributed by atoms with Gasteiger partial charge in [-0.1, -0.05) is 91.0 Å². The number of nitrogens with one attached hydrogen (secondary N) is 2. The van der Waals surface area contributed by atoms with Crippen LogP contribution in [0.2, 0.25) is 0 Å². The number of benzene rings is 5. The van der Waals surface area contributed by atoms with Crippen molar-refractivity contribution in [3.8, 4) is 0 Å². The van der Waals surface area contributed by atoms with E-state index < -0.39 is 10.0 Å². The molecule has 5 rings (SSSR count). The third kappa shape index (κ3) is 6.99. The van der Waals surface area contributed by atoms with Crippen LogP contribution in [0.1, 0.15) is 44.8 Å². The van der Waals surface area contributed by atoms with Crippen molar-refractivity contribution in [1.82, 2.24) is 5.32 Å². The first-order chi connectivity index (χ1) is 20.8. The lowest BCUT2D eigenvalue weighted by atomic mass is 10.1. The molecular formula is C35H31N3O4S. The monoisotopic (exact) mass is 589 g/mol. The summed E-state index contributed by atoms with van der Waals surface area (Å²) in [5.74, 6) is -0.692. The summed E-state index contributed by atoms with van der Waals surface area (Å²) in [6, 6.07) is 40.2. The molecule has 0 unspecified atom stereocenters. The zero-order chi connectivity index (χ0) is 30.2. The van der Waals surface area contributed by atoms with Gasteiger partial charge in [-0.3, -0.25) is 13.9 Å². The lowest BCUT2D eigenvalue weighted by Crippen LogP contribution is -2.30. The molecule has 0 bridgehead atoms. The lowest BCUT2D eigenvalue weighted by molar-refractivity contribution is 0.0940.